The lowest BCUT2D eigenvalue weighted by molar-refractivity contribution is 0.337. The molecule has 0 radical (unpaired) electrons. The predicted octanol–water partition coefficient (Wildman–Crippen LogP) is 4.10. The Balaban J connectivity index is 2.18. The molecule has 0 spiro atoms. The second-order valence-electron chi connectivity index (χ2n) is 3.88. The average Bonchev–Trinajstić information content (AvgIpc) is 2.43. The third kappa shape index (κ3) is 3.58. The molecule has 0 aliphatic rings. The van der Waals surface area contributed by atoms with Gasteiger partial charge in [0, 0.05) is 11.3 Å². The standard InChI is InChI=1S/C14H14ClFN2O/c1-2-19-13-5-4-12(7-10(13)8-15)18-14-6-3-11(16)9-17-14/h3-7,9H,2,8H2,1H3,(H,17,18). The van der Waals surface area contributed by atoms with Crippen molar-refractivity contribution in [3.63, 3.8) is 0 Å². The lowest BCUT2D eigenvalue weighted by Gasteiger charge is -2.11. The van der Waals surface area contributed by atoms with Crippen LogP contribution in [0.25, 0.3) is 0 Å². The highest BCUT2D eigenvalue weighted by molar-refractivity contribution is 6.17. The summed E-state index contributed by atoms with van der Waals surface area (Å²) in [5.74, 6) is 1.35. The molecule has 100 valence electrons. The molecule has 2 rings (SSSR count). The summed E-state index contributed by atoms with van der Waals surface area (Å²) in [6, 6.07) is 8.54. The molecule has 0 aliphatic heterocycles. The van der Waals surface area contributed by atoms with Crippen molar-refractivity contribution in [2.75, 3.05) is 11.9 Å². The lowest BCUT2D eigenvalue weighted by Crippen LogP contribution is -1.98. The summed E-state index contributed by atoms with van der Waals surface area (Å²) >= 11 is 5.89. The minimum absolute atomic E-state index is 0.362. The van der Waals surface area contributed by atoms with Crippen molar-refractivity contribution >= 4 is 23.1 Å². The summed E-state index contributed by atoms with van der Waals surface area (Å²) in [6.45, 7) is 2.52. The molecule has 0 aliphatic carbocycles. The third-order valence-corrected chi connectivity index (χ3v) is 2.79. The fourth-order valence-electron chi connectivity index (χ4n) is 1.66. The highest BCUT2D eigenvalue weighted by atomic mass is 35.5. The van der Waals surface area contributed by atoms with Gasteiger partial charge in [-0.2, -0.15) is 0 Å². The van der Waals surface area contributed by atoms with E-state index in [0.717, 1.165) is 17.0 Å². The van der Waals surface area contributed by atoms with E-state index in [4.69, 9.17) is 16.3 Å². The van der Waals surface area contributed by atoms with E-state index in [1.165, 1.54) is 12.3 Å². The van der Waals surface area contributed by atoms with Crippen molar-refractivity contribution in [3.8, 4) is 5.75 Å². The van der Waals surface area contributed by atoms with Crippen LogP contribution in [0.5, 0.6) is 5.75 Å². The third-order valence-electron chi connectivity index (χ3n) is 2.50. The molecule has 2 aromatic rings. The first kappa shape index (κ1) is 13.6. The van der Waals surface area contributed by atoms with Crippen LogP contribution in [0.15, 0.2) is 36.5 Å². The molecule has 0 fully saturated rings. The highest BCUT2D eigenvalue weighted by Crippen LogP contribution is 2.26. The van der Waals surface area contributed by atoms with Gasteiger partial charge in [-0.05, 0) is 37.3 Å². The molecule has 0 atom stereocenters. The molecule has 0 bridgehead atoms. The topological polar surface area (TPSA) is 34.1 Å². The van der Waals surface area contributed by atoms with Gasteiger partial charge < -0.3 is 10.1 Å². The fraction of sp³-hybridized carbons (Fsp3) is 0.214. The van der Waals surface area contributed by atoms with E-state index in [1.807, 2.05) is 25.1 Å². The van der Waals surface area contributed by atoms with Crippen molar-refractivity contribution < 1.29 is 9.13 Å². The molecule has 5 heteroatoms. The number of hydrogen-bond acceptors (Lipinski definition) is 3. The van der Waals surface area contributed by atoms with Crippen LogP contribution >= 0.6 is 11.6 Å². The molecular formula is C14H14ClFN2O. The maximum atomic E-state index is 12.8. The van der Waals surface area contributed by atoms with Crippen LogP contribution in [0, 0.1) is 5.82 Å². The van der Waals surface area contributed by atoms with Crippen LogP contribution in [0.3, 0.4) is 0 Å². The molecule has 1 heterocycles. The molecule has 1 aromatic carbocycles. The summed E-state index contributed by atoms with van der Waals surface area (Å²) in [5.41, 5.74) is 1.73. The van der Waals surface area contributed by atoms with Gasteiger partial charge in [-0.3, -0.25) is 0 Å². The van der Waals surface area contributed by atoms with Crippen LogP contribution in [-0.4, -0.2) is 11.6 Å². The molecular weight excluding hydrogens is 267 g/mol. The van der Waals surface area contributed by atoms with Gasteiger partial charge in [-0.1, -0.05) is 0 Å². The SMILES string of the molecule is CCOc1ccc(Nc2ccc(F)cn2)cc1CCl. The summed E-state index contributed by atoms with van der Waals surface area (Å²) in [5, 5.41) is 3.08. The van der Waals surface area contributed by atoms with Gasteiger partial charge in [0.15, 0.2) is 0 Å². The Labute approximate surface area is 116 Å². The van der Waals surface area contributed by atoms with Gasteiger partial charge in [0.1, 0.15) is 17.4 Å². The number of alkyl halides is 1. The van der Waals surface area contributed by atoms with Crippen LogP contribution in [0.1, 0.15) is 12.5 Å². The number of hydrogen-bond donors (Lipinski definition) is 1. The highest BCUT2D eigenvalue weighted by Gasteiger charge is 2.05. The Morgan fingerprint density at radius 2 is 2.16 bits per heavy atom. The summed E-state index contributed by atoms with van der Waals surface area (Å²) in [6.07, 6.45) is 1.17. The Kier molecular flexibility index (Phi) is 4.58. The average molecular weight is 281 g/mol. The maximum absolute atomic E-state index is 12.8. The quantitative estimate of drug-likeness (QED) is 0.837. The van der Waals surface area contributed by atoms with Crippen LogP contribution in [0.2, 0.25) is 0 Å². The zero-order valence-electron chi connectivity index (χ0n) is 10.5. The minimum atomic E-state index is -0.362. The molecule has 0 unspecified atom stereocenters. The number of halogens is 2. The smallest absolute Gasteiger partial charge is 0.141 e. The molecule has 1 aromatic heterocycles. The normalized spacial score (nSPS) is 10.3. The van der Waals surface area contributed by atoms with Gasteiger partial charge in [0.25, 0.3) is 0 Å². The van der Waals surface area contributed by atoms with Gasteiger partial charge in [0.2, 0.25) is 0 Å². The van der Waals surface area contributed by atoms with Crippen molar-refractivity contribution in [1.29, 1.82) is 0 Å². The van der Waals surface area contributed by atoms with E-state index < -0.39 is 0 Å². The number of nitrogens with one attached hydrogen (secondary N) is 1. The molecule has 0 saturated carbocycles. The van der Waals surface area contributed by atoms with Crippen LogP contribution in [0.4, 0.5) is 15.9 Å². The van der Waals surface area contributed by atoms with E-state index in [2.05, 4.69) is 10.3 Å². The zero-order chi connectivity index (χ0) is 13.7. The monoisotopic (exact) mass is 280 g/mol. The second kappa shape index (κ2) is 6.38. The number of aromatic nitrogens is 1. The number of benzene rings is 1. The van der Waals surface area contributed by atoms with E-state index in [0.29, 0.717) is 18.3 Å². The lowest BCUT2D eigenvalue weighted by atomic mass is 10.2. The van der Waals surface area contributed by atoms with Gasteiger partial charge in [-0.15, -0.1) is 11.6 Å². The Morgan fingerprint density at radius 1 is 1.32 bits per heavy atom. The Hall–Kier alpha value is -1.81. The zero-order valence-corrected chi connectivity index (χ0v) is 11.2. The summed E-state index contributed by atoms with van der Waals surface area (Å²) in [7, 11) is 0. The molecule has 3 nitrogen and oxygen atoms in total. The Morgan fingerprint density at radius 3 is 2.79 bits per heavy atom. The van der Waals surface area contributed by atoms with Gasteiger partial charge in [0.05, 0.1) is 18.7 Å². The van der Waals surface area contributed by atoms with Crippen molar-refractivity contribution in [2.24, 2.45) is 0 Å². The van der Waals surface area contributed by atoms with Crippen molar-refractivity contribution in [1.82, 2.24) is 4.98 Å². The van der Waals surface area contributed by atoms with Gasteiger partial charge >= 0.3 is 0 Å². The summed E-state index contributed by atoms with van der Waals surface area (Å²) in [4.78, 5) is 3.94. The molecule has 0 amide bonds. The first-order valence-electron chi connectivity index (χ1n) is 5.93. The minimum Gasteiger partial charge on any atom is -0.494 e. The van der Waals surface area contributed by atoms with Crippen molar-refractivity contribution in [2.45, 2.75) is 12.8 Å². The molecule has 0 saturated heterocycles. The van der Waals surface area contributed by atoms with Gasteiger partial charge in [-0.25, -0.2) is 9.37 Å². The first-order valence-corrected chi connectivity index (χ1v) is 6.46. The predicted molar refractivity (Wildman–Crippen MR) is 74.6 cm³/mol. The maximum Gasteiger partial charge on any atom is 0.141 e. The van der Waals surface area contributed by atoms with E-state index in [-0.39, 0.29) is 5.82 Å². The molecule has 19 heavy (non-hydrogen) atoms. The number of nitrogens with zero attached hydrogens (tertiary/aromatic N) is 1. The second-order valence-corrected chi connectivity index (χ2v) is 4.14. The van der Waals surface area contributed by atoms with E-state index >= 15 is 0 Å². The number of rotatable bonds is 5. The number of pyridine rings is 1. The molecule has 1 N–H and O–H groups in total. The Bertz CT molecular complexity index is 546. The largest absolute Gasteiger partial charge is 0.494 e. The van der Waals surface area contributed by atoms with Crippen LogP contribution in [-0.2, 0) is 5.88 Å². The fourth-order valence-corrected chi connectivity index (χ4v) is 1.86. The van der Waals surface area contributed by atoms with Crippen LogP contribution < -0.4 is 10.1 Å². The first-order chi connectivity index (χ1) is 9.22. The number of ether oxygens (including phenoxy) is 1. The van der Waals surface area contributed by atoms with Crippen molar-refractivity contribution in [3.05, 3.63) is 47.9 Å². The summed E-state index contributed by atoms with van der Waals surface area (Å²) < 4.78 is 18.2. The number of anilines is 2. The van der Waals surface area contributed by atoms with E-state index in [9.17, 15) is 4.39 Å². The van der Waals surface area contributed by atoms with E-state index in [1.54, 1.807) is 6.07 Å².